The van der Waals surface area contributed by atoms with Crippen molar-refractivity contribution in [3.63, 3.8) is 0 Å². The normalized spacial score (nSPS) is 11.9. The monoisotopic (exact) mass is 414 g/mol. The molecule has 5 nitrogen and oxygen atoms in total. The predicted molar refractivity (Wildman–Crippen MR) is 116 cm³/mol. The highest BCUT2D eigenvalue weighted by Crippen LogP contribution is 2.30. The summed E-state index contributed by atoms with van der Waals surface area (Å²) < 4.78 is 9.71. The number of carbonyl (C=O) groups is 2. The van der Waals surface area contributed by atoms with E-state index in [1.807, 2.05) is 18.2 Å². The lowest BCUT2D eigenvalue weighted by atomic mass is 9.81. The molecule has 1 unspecified atom stereocenters. The van der Waals surface area contributed by atoms with E-state index in [1.54, 1.807) is 42.5 Å². The Kier molecular flexibility index (Phi) is 8.04. The molecule has 2 rings (SSSR count). The van der Waals surface area contributed by atoms with Gasteiger partial charge in [-0.3, -0.25) is 9.59 Å². The number of esters is 2. The van der Waals surface area contributed by atoms with Crippen molar-refractivity contribution in [2.45, 2.75) is 18.4 Å². The second-order valence-electron chi connectivity index (χ2n) is 6.61. The third-order valence-electron chi connectivity index (χ3n) is 4.61. The van der Waals surface area contributed by atoms with Crippen molar-refractivity contribution in [1.82, 2.24) is 0 Å². The summed E-state index contributed by atoms with van der Waals surface area (Å²) >= 11 is 0. The van der Waals surface area contributed by atoms with Gasteiger partial charge in [0.15, 0.2) is 5.41 Å². The molecule has 1 atom stereocenters. The number of carbonyl (C=O) groups excluding carboxylic acids is 2. The van der Waals surface area contributed by atoms with Crippen molar-refractivity contribution < 1.29 is 24.2 Å². The Morgan fingerprint density at radius 3 is 1.94 bits per heavy atom. The third-order valence-corrected chi connectivity index (χ3v) is 4.61. The van der Waals surface area contributed by atoms with Gasteiger partial charge in [-0.25, -0.2) is 0 Å². The first-order valence-corrected chi connectivity index (χ1v) is 9.38. The average molecular weight is 414 g/mol. The number of aliphatic hydroxyl groups is 1. The highest BCUT2D eigenvalue weighted by Gasteiger charge is 2.47. The van der Waals surface area contributed by atoms with Crippen molar-refractivity contribution in [3.8, 4) is 36.0 Å². The van der Waals surface area contributed by atoms with Crippen molar-refractivity contribution in [1.29, 1.82) is 0 Å². The molecule has 31 heavy (non-hydrogen) atoms. The minimum atomic E-state index is -1.88. The quantitative estimate of drug-likeness (QED) is 0.463. The van der Waals surface area contributed by atoms with Gasteiger partial charge in [-0.15, -0.1) is 6.42 Å². The fourth-order valence-corrected chi connectivity index (χ4v) is 2.84. The summed E-state index contributed by atoms with van der Waals surface area (Å²) in [4.78, 5) is 25.2. The van der Waals surface area contributed by atoms with Crippen molar-refractivity contribution in [2.75, 3.05) is 14.2 Å². The molecule has 156 valence electrons. The molecular formula is C26H22O5. The smallest absolute Gasteiger partial charge is 0.325 e. The SMILES string of the molecule is C#CC(O)(C#CCC(CC#Cc1ccccc1)(C(=O)OC)C(=O)OC)c1ccccc1. The van der Waals surface area contributed by atoms with Crippen LogP contribution in [-0.4, -0.2) is 31.3 Å². The van der Waals surface area contributed by atoms with Gasteiger partial charge < -0.3 is 14.6 Å². The first-order chi connectivity index (χ1) is 14.9. The maximum absolute atomic E-state index is 12.6. The Labute approximate surface area is 182 Å². The minimum absolute atomic E-state index is 0.185. The molecule has 0 bridgehead atoms. The largest absolute Gasteiger partial charge is 0.468 e. The minimum Gasteiger partial charge on any atom is -0.468 e. The Morgan fingerprint density at radius 2 is 1.42 bits per heavy atom. The zero-order valence-corrected chi connectivity index (χ0v) is 17.3. The van der Waals surface area contributed by atoms with E-state index in [-0.39, 0.29) is 12.8 Å². The molecule has 1 N–H and O–H groups in total. The molecule has 0 aliphatic rings. The van der Waals surface area contributed by atoms with E-state index in [0.29, 0.717) is 5.56 Å². The standard InChI is InChI=1S/C26H22O5/c1-4-26(29,22-16-9-6-10-17-22)20-12-19-25(23(27)30-2,24(28)31-3)18-11-15-21-13-7-5-8-14-21/h1,5-10,13-14,16-17,29H,18-19H2,2-3H3. The molecule has 0 amide bonds. The number of benzene rings is 2. The summed E-state index contributed by atoms with van der Waals surface area (Å²) in [6.07, 6.45) is 5.01. The topological polar surface area (TPSA) is 72.8 Å². The molecular weight excluding hydrogens is 392 g/mol. The van der Waals surface area contributed by atoms with E-state index in [2.05, 4.69) is 29.6 Å². The van der Waals surface area contributed by atoms with Gasteiger partial charge in [0.05, 0.1) is 14.2 Å². The van der Waals surface area contributed by atoms with Crippen LogP contribution in [0.15, 0.2) is 60.7 Å². The van der Waals surface area contributed by atoms with Gasteiger partial charge in [0.25, 0.3) is 0 Å². The summed E-state index contributed by atoms with van der Waals surface area (Å²) in [7, 11) is 2.33. The zero-order valence-electron chi connectivity index (χ0n) is 17.3. The summed E-state index contributed by atoms with van der Waals surface area (Å²) in [5.74, 6) is 11.6. The lowest BCUT2D eigenvalue weighted by molar-refractivity contribution is -0.168. The Bertz CT molecular complexity index is 1060. The van der Waals surface area contributed by atoms with Gasteiger partial charge in [-0.2, -0.15) is 0 Å². The Morgan fingerprint density at radius 1 is 0.903 bits per heavy atom. The second kappa shape index (κ2) is 10.7. The molecule has 0 aromatic heterocycles. The number of hydrogen-bond acceptors (Lipinski definition) is 5. The number of terminal acetylenes is 1. The summed E-state index contributed by atoms with van der Waals surface area (Å²) in [6.45, 7) is 0. The molecule has 0 saturated carbocycles. The highest BCUT2D eigenvalue weighted by molar-refractivity contribution is 6.00. The first kappa shape index (κ1) is 23.3. The number of rotatable bonds is 5. The fourth-order valence-electron chi connectivity index (χ4n) is 2.84. The second-order valence-corrected chi connectivity index (χ2v) is 6.61. The zero-order chi connectivity index (χ0) is 22.7. The molecule has 5 heteroatoms. The van der Waals surface area contributed by atoms with Gasteiger partial charge in [-0.1, -0.05) is 72.2 Å². The summed E-state index contributed by atoms with van der Waals surface area (Å²) in [5.41, 5.74) is -2.54. The highest BCUT2D eigenvalue weighted by atomic mass is 16.5. The van der Waals surface area contributed by atoms with Crippen LogP contribution in [0.1, 0.15) is 24.0 Å². The molecule has 2 aromatic carbocycles. The predicted octanol–water partition coefficient (Wildman–Crippen LogP) is 2.68. The van der Waals surface area contributed by atoms with E-state index < -0.39 is 23.0 Å². The summed E-state index contributed by atoms with van der Waals surface area (Å²) in [6, 6.07) is 17.6. The molecule has 0 aliphatic carbocycles. The van der Waals surface area contributed by atoms with Crippen LogP contribution in [0.3, 0.4) is 0 Å². The van der Waals surface area contributed by atoms with E-state index in [1.165, 1.54) is 14.2 Å². The van der Waals surface area contributed by atoms with E-state index >= 15 is 0 Å². The van der Waals surface area contributed by atoms with E-state index in [4.69, 9.17) is 15.9 Å². The van der Waals surface area contributed by atoms with Crippen LogP contribution in [-0.2, 0) is 24.7 Å². The van der Waals surface area contributed by atoms with Crippen molar-refractivity contribution in [3.05, 3.63) is 71.8 Å². The Hall–Kier alpha value is -3.98. The van der Waals surface area contributed by atoms with Crippen LogP contribution in [0.4, 0.5) is 0 Å². The lowest BCUT2D eigenvalue weighted by Gasteiger charge is -2.24. The van der Waals surface area contributed by atoms with Crippen LogP contribution in [0.5, 0.6) is 0 Å². The molecule has 2 aromatic rings. The third kappa shape index (κ3) is 5.55. The van der Waals surface area contributed by atoms with Crippen molar-refractivity contribution >= 4 is 11.9 Å². The molecule has 0 aliphatic heterocycles. The number of hydrogen-bond donors (Lipinski definition) is 1. The molecule has 0 saturated heterocycles. The van der Waals surface area contributed by atoms with Crippen LogP contribution in [0.2, 0.25) is 0 Å². The van der Waals surface area contributed by atoms with E-state index in [0.717, 1.165) is 5.56 Å². The maximum Gasteiger partial charge on any atom is 0.325 e. The van der Waals surface area contributed by atoms with Gasteiger partial charge >= 0.3 is 11.9 Å². The lowest BCUT2D eigenvalue weighted by Crippen LogP contribution is -2.41. The molecule has 0 fully saturated rings. The van der Waals surface area contributed by atoms with Gasteiger partial charge in [0.1, 0.15) is 0 Å². The van der Waals surface area contributed by atoms with Gasteiger partial charge in [0.2, 0.25) is 5.60 Å². The van der Waals surface area contributed by atoms with Crippen LogP contribution in [0, 0.1) is 41.4 Å². The van der Waals surface area contributed by atoms with E-state index in [9.17, 15) is 14.7 Å². The summed E-state index contributed by atoms with van der Waals surface area (Å²) in [5, 5.41) is 10.7. The van der Waals surface area contributed by atoms with Crippen LogP contribution < -0.4 is 0 Å². The fraction of sp³-hybridized carbons (Fsp3) is 0.231. The number of ether oxygens (including phenoxy) is 2. The van der Waals surface area contributed by atoms with Crippen molar-refractivity contribution in [2.24, 2.45) is 5.41 Å². The van der Waals surface area contributed by atoms with Gasteiger partial charge in [-0.05, 0) is 18.1 Å². The maximum atomic E-state index is 12.6. The number of methoxy groups -OCH3 is 2. The van der Waals surface area contributed by atoms with Crippen LogP contribution >= 0.6 is 0 Å². The molecule has 0 heterocycles. The Balaban J connectivity index is 2.41. The average Bonchev–Trinajstić information content (AvgIpc) is 2.83. The first-order valence-electron chi connectivity index (χ1n) is 9.38. The van der Waals surface area contributed by atoms with Gasteiger partial charge in [0, 0.05) is 24.0 Å². The van der Waals surface area contributed by atoms with Crippen LogP contribution in [0.25, 0.3) is 0 Å². The molecule has 0 radical (unpaired) electrons. The molecule has 0 spiro atoms.